The molecule has 0 aliphatic rings. The molecule has 5 heteroatoms. The van der Waals surface area contributed by atoms with E-state index < -0.39 is 0 Å². The number of hydrogen-bond acceptors (Lipinski definition) is 3. The highest BCUT2D eigenvalue weighted by Crippen LogP contribution is 2.36. The van der Waals surface area contributed by atoms with Crippen LogP contribution in [-0.2, 0) is 10.8 Å². The van der Waals surface area contributed by atoms with Crippen molar-refractivity contribution in [1.29, 1.82) is 5.41 Å². The molecule has 1 aromatic rings. The molecular weight excluding hydrogens is 264 g/mol. The normalized spacial score (nSPS) is 12.7. The number of nitrogens with zero attached hydrogens (tertiary/aromatic N) is 1. The van der Waals surface area contributed by atoms with Gasteiger partial charge in [0.1, 0.15) is 5.75 Å². The number of phenols is 1. The second-order valence-electron chi connectivity index (χ2n) is 7.25. The van der Waals surface area contributed by atoms with Gasteiger partial charge in [-0.2, -0.15) is 5.10 Å². The molecule has 0 atom stereocenters. The molecule has 0 unspecified atom stereocenters. The van der Waals surface area contributed by atoms with Crippen molar-refractivity contribution >= 4 is 12.2 Å². The Morgan fingerprint density at radius 1 is 1.19 bits per heavy atom. The van der Waals surface area contributed by atoms with Gasteiger partial charge < -0.3 is 10.8 Å². The van der Waals surface area contributed by atoms with E-state index >= 15 is 0 Å². The standard InChI is InChI=1S/C16H26N4O/c1-15(2,3)11-7-10(9-19-20-14(17)18)13(21)12(8-11)16(4,5)6/h7-9,21H,1-6H3,(H4,17,18,20). The van der Waals surface area contributed by atoms with Gasteiger partial charge in [-0.1, -0.05) is 47.6 Å². The maximum Gasteiger partial charge on any atom is 0.206 e. The Hall–Kier alpha value is -2.04. The molecule has 0 radical (unpaired) electrons. The summed E-state index contributed by atoms with van der Waals surface area (Å²) in [6, 6.07) is 3.96. The zero-order valence-corrected chi connectivity index (χ0v) is 13.7. The van der Waals surface area contributed by atoms with Crippen molar-refractivity contribution in [3.8, 4) is 5.75 Å². The number of hydrogen-bond donors (Lipinski definition) is 4. The quantitative estimate of drug-likeness (QED) is 0.383. The summed E-state index contributed by atoms with van der Waals surface area (Å²) in [6.45, 7) is 12.6. The lowest BCUT2D eigenvalue weighted by Crippen LogP contribution is -2.25. The summed E-state index contributed by atoms with van der Waals surface area (Å²) < 4.78 is 0. The molecule has 0 aliphatic carbocycles. The van der Waals surface area contributed by atoms with Gasteiger partial charge in [-0.3, -0.25) is 5.41 Å². The minimum Gasteiger partial charge on any atom is -0.507 e. The molecule has 0 saturated carbocycles. The van der Waals surface area contributed by atoms with Crippen LogP contribution in [0.2, 0.25) is 0 Å². The lowest BCUT2D eigenvalue weighted by atomic mass is 9.79. The Bertz CT molecular complexity index is 563. The van der Waals surface area contributed by atoms with Crippen LogP contribution < -0.4 is 11.2 Å². The zero-order valence-electron chi connectivity index (χ0n) is 13.7. The Balaban J connectivity index is 3.42. The molecule has 1 rings (SSSR count). The largest absolute Gasteiger partial charge is 0.507 e. The van der Waals surface area contributed by atoms with Gasteiger partial charge in [-0.15, -0.1) is 0 Å². The summed E-state index contributed by atoms with van der Waals surface area (Å²) in [7, 11) is 0. The van der Waals surface area contributed by atoms with E-state index in [2.05, 4.69) is 52.1 Å². The number of nitrogens with two attached hydrogens (primary N) is 1. The maximum atomic E-state index is 10.5. The highest BCUT2D eigenvalue weighted by atomic mass is 16.3. The van der Waals surface area contributed by atoms with Gasteiger partial charge in [0.25, 0.3) is 0 Å². The van der Waals surface area contributed by atoms with Crippen molar-refractivity contribution < 1.29 is 5.11 Å². The van der Waals surface area contributed by atoms with Crippen molar-refractivity contribution in [1.82, 2.24) is 5.43 Å². The molecule has 0 aromatic heterocycles. The molecule has 21 heavy (non-hydrogen) atoms. The van der Waals surface area contributed by atoms with Crippen molar-refractivity contribution in [2.75, 3.05) is 0 Å². The second-order valence-corrected chi connectivity index (χ2v) is 7.25. The average Bonchev–Trinajstić information content (AvgIpc) is 2.27. The minimum absolute atomic E-state index is 0.0374. The first-order valence-corrected chi connectivity index (χ1v) is 6.94. The van der Waals surface area contributed by atoms with E-state index in [1.165, 1.54) is 6.21 Å². The van der Waals surface area contributed by atoms with Crippen LogP contribution in [0.5, 0.6) is 5.75 Å². The van der Waals surface area contributed by atoms with Crippen LogP contribution in [0.3, 0.4) is 0 Å². The maximum absolute atomic E-state index is 10.5. The molecule has 5 nitrogen and oxygen atoms in total. The van der Waals surface area contributed by atoms with Crippen molar-refractivity contribution in [2.24, 2.45) is 10.8 Å². The average molecular weight is 290 g/mol. The first-order valence-electron chi connectivity index (χ1n) is 6.94. The molecule has 0 fully saturated rings. The Morgan fingerprint density at radius 3 is 2.19 bits per heavy atom. The van der Waals surface area contributed by atoms with Crippen LogP contribution in [0.4, 0.5) is 0 Å². The van der Waals surface area contributed by atoms with Gasteiger partial charge in [0, 0.05) is 11.1 Å². The third-order valence-electron chi connectivity index (χ3n) is 3.20. The predicted molar refractivity (Wildman–Crippen MR) is 88.2 cm³/mol. The number of aromatic hydroxyl groups is 1. The number of rotatable bonds is 2. The van der Waals surface area contributed by atoms with E-state index in [0.717, 1.165) is 11.1 Å². The third kappa shape index (κ3) is 4.48. The van der Waals surface area contributed by atoms with Crippen molar-refractivity contribution in [2.45, 2.75) is 52.4 Å². The van der Waals surface area contributed by atoms with Crippen LogP contribution in [0.15, 0.2) is 17.2 Å². The van der Waals surface area contributed by atoms with Crippen LogP contribution in [0.25, 0.3) is 0 Å². The minimum atomic E-state index is -0.242. The van der Waals surface area contributed by atoms with E-state index in [9.17, 15) is 5.11 Å². The Morgan fingerprint density at radius 2 is 1.76 bits per heavy atom. The van der Waals surface area contributed by atoms with Crippen molar-refractivity contribution in [3.05, 3.63) is 28.8 Å². The molecule has 5 N–H and O–H groups in total. The summed E-state index contributed by atoms with van der Waals surface area (Å²) in [5.41, 5.74) is 9.94. The van der Waals surface area contributed by atoms with Crippen molar-refractivity contribution in [3.63, 3.8) is 0 Å². The number of hydrazone groups is 1. The summed E-state index contributed by atoms with van der Waals surface area (Å²) in [6.07, 6.45) is 1.49. The summed E-state index contributed by atoms with van der Waals surface area (Å²) in [5, 5.41) is 21.4. The number of phenolic OH excluding ortho intramolecular Hbond substituents is 1. The van der Waals surface area contributed by atoms with Gasteiger partial charge in [0.2, 0.25) is 5.96 Å². The molecular formula is C16H26N4O. The Labute approximate surface area is 126 Å². The first kappa shape index (κ1) is 17.0. The van der Waals surface area contributed by atoms with Crippen LogP contribution in [-0.4, -0.2) is 17.3 Å². The molecule has 0 aliphatic heterocycles. The monoisotopic (exact) mass is 290 g/mol. The molecule has 116 valence electrons. The fraction of sp³-hybridized carbons (Fsp3) is 0.500. The zero-order chi connectivity index (χ0) is 16.4. The fourth-order valence-corrected chi connectivity index (χ4v) is 1.93. The van der Waals surface area contributed by atoms with Crippen LogP contribution in [0, 0.1) is 5.41 Å². The SMILES string of the molecule is CC(C)(C)c1cc(C=NNC(=N)N)c(O)c(C(C)(C)C)c1. The van der Waals surface area contributed by atoms with E-state index in [-0.39, 0.29) is 22.5 Å². The second kappa shape index (κ2) is 5.76. The van der Waals surface area contributed by atoms with Gasteiger partial charge in [0.05, 0.1) is 6.21 Å². The van der Waals surface area contributed by atoms with E-state index in [4.69, 9.17) is 11.1 Å². The van der Waals surface area contributed by atoms with Gasteiger partial charge in [-0.25, -0.2) is 5.43 Å². The molecule has 0 heterocycles. The lowest BCUT2D eigenvalue weighted by molar-refractivity contribution is 0.444. The number of guanidine groups is 1. The number of nitrogens with one attached hydrogen (secondary N) is 2. The molecule has 1 aromatic carbocycles. The number of benzene rings is 1. The van der Waals surface area contributed by atoms with Gasteiger partial charge in [-0.05, 0) is 22.5 Å². The van der Waals surface area contributed by atoms with Gasteiger partial charge >= 0.3 is 0 Å². The van der Waals surface area contributed by atoms with Crippen LogP contribution in [0.1, 0.15) is 58.2 Å². The summed E-state index contributed by atoms with van der Waals surface area (Å²) in [5.74, 6) is -0.0293. The van der Waals surface area contributed by atoms with Crippen LogP contribution >= 0.6 is 0 Å². The molecule has 0 bridgehead atoms. The molecule has 0 saturated heterocycles. The van der Waals surface area contributed by atoms with E-state index in [0.29, 0.717) is 5.56 Å². The predicted octanol–water partition coefficient (Wildman–Crippen LogP) is 2.80. The summed E-state index contributed by atoms with van der Waals surface area (Å²) >= 11 is 0. The highest BCUT2D eigenvalue weighted by molar-refractivity contribution is 5.86. The van der Waals surface area contributed by atoms with Gasteiger partial charge in [0.15, 0.2) is 0 Å². The topological polar surface area (TPSA) is 94.5 Å². The summed E-state index contributed by atoms with van der Waals surface area (Å²) in [4.78, 5) is 0. The molecule has 0 spiro atoms. The third-order valence-corrected chi connectivity index (χ3v) is 3.20. The fourth-order valence-electron chi connectivity index (χ4n) is 1.93. The van der Waals surface area contributed by atoms with E-state index in [1.807, 2.05) is 12.1 Å². The van der Waals surface area contributed by atoms with E-state index in [1.54, 1.807) is 0 Å². The smallest absolute Gasteiger partial charge is 0.206 e. The highest BCUT2D eigenvalue weighted by Gasteiger charge is 2.24. The molecule has 0 amide bonds. The lowest BCUT2D eigenvalue weighted by Gasteiger charge is -2.26. The Kier molecular flexibility index (Phi) is 4.66. The first-order chi connectivity index (χ1) is 9.43.